The Balaban J connectivity index is 1.76. The van der Waals surface area contributed by atoms with Crippen LogP contribution in [-0.4, -0.2) is 38.3 Å². The Labute approximate surface area is 127 Å². The number of pyridine rings is 1. The minimum atomic E-state index is -0.848. The fourth-order valence-corrected chi connectivity index (χ4v) is 2.41. The third-order valence-corrected chi connectivity index (χ3v) is 4.08. The molecule has 0 radical (unpaired) electrons. The molecule has 1 aliphatic rings. The number of amides is 1. The number of hydrogen-bond donors (Lipinski definition) is 2. The predicted octanol–water partition coefficient (Wildman–Crippen LogP) is 1.61. The van der Waals surface area contributed by atoms with Crippen LogP contribution >= 0.6 is 0 Å². The summed E-state index contributed by atoms with van der Waals surface area (Å²) in [4.78, 5) is 27.6. The molecule has 0 bridgehead atoms. The third kappa shape index (κ3) is 2.43. The molecule has 1 fully saturated rings. The van der Waals surface area contributed by atoms with Crippen molar-refractivity contribution in [3.63, 3.8) is 0 Å². The summed E-state index contributed by atoms with van der Waals surface area (Å²) in [6.07, 6.45) is 4.40. The first-order valence-corrected chi connectivity index (χ1v) is 7.28. The highest BCUT2D eigenvalue weighted by Crippen LogP contribution is 2.45. The number of aliphatic carboxylic acids is 1. The van der Waals surface area contributed by atoms with Crippen molar-refractivity contribution in [1.29, 1.82) is 0 Å². The third-order valence-electron chi connectivity index (χ3n) is 4.08. The second kappa shape index (κ2) is 5.08. The van der Waals surface area contributed by atoms with Crippen LogP contribution in [0.1, 0.15) is 43.1 Å². The molecule has 116 valence electrons. The van der Waals surface area contributed by atoms with Crippen LogP contribution < -0.4 is 5.32 Å². The predicted molar refractivity (Wildman–Crippen MR) is 79.5 cm³/mol. The molecule has 2 aromatic rings. The average Bonchev–Trinajstić information content (AvgIpc) is 3.16. The molecule has 0 aromatic carbocycles. The molecule has 1 amide bonds. The maximum absolute atomic E-state index is 12.2. The Morgan fingerprint density at radius 2 is 2.14 bits per heavy atom. The zero-order valence-electron chi connectivity index (χ0n) is 12.5. The van der Waals surface area contributed by atoms with Crippen LogP contribution in [0, 0.1) is 5.41 Å². The van der Waals surface area contributed by atoms with Crippen molar-refractivity contribution in [2.45, 2.75) is 32.7 Å². The van der Waals surface area contributed by atoms with Gasteiger partial charge in [0.2, 0.25) is 0 Å². The van der Waals surface area contributed by atoms with Gasteiger partial charge >= 0.3 is 5.97 Å². The van der Waals surface area contributed by atoms with Gasteiger partial charge in [-0.05, 0) is 32.8 Å². The van der Waals surface area contributed by atoms with Gasteiger partial charge in [0.05, 0.1) is 17.2 Å². The number of nitrogens with one attached hydrogen (secondary N) is 1. The van der Waals surface area contributed by atoms with Gasteiger partial charge in [0.25, 0.3) is 5.91 Å². The first-order chi connectivity index (χ1) is 10.4. The number of fused-ring (bicyclic) bond motifs is 1. The zero-order valence-corrected chi connectivity index (χ0v) is 12.5. The van der Waals surface area contributed by atoms with E-state index in [1.807, 2.05) is 13.8 Å². The highest BCUT2D eigenvalue weighted by Gasteiger charge is 2.50. The second-order valence-corrected chi connectivity index (χ2v) is 6.09. The number of hydrogen-bond acceptors (Lipinski definition) is 4. The molecule has 2 N–H and O–H groups in total. The van der Waals surface area contributed by atoms with Gasteiger partial charge < -0.3 is 10.4 Å². The van der Waals surface area contributed by atoms with E-state index in [0.717, 1.165) is 11.0 Å². The lowest BCUT2D eigenvalue weighted by atomic mass is 10.1. The molecule has 0 atom stereocenters. The van der Waals surface area contributed by atoms with Crippen molar-refractivity contribution in [3.8, 4) is 0 Å². The van der Waals surface area contributed by atoms with E-state index in [1.54, 1.807) is 16.9 Å². The number of nitrogens with zero attached hydrogens (tertiary/aromatic N) is 3. The number of carbonyl (C=O) groups excluding carboxylic acids is 1. The number of rotatable bonds is 5. The molecule has 7 heteroatoms. The van der Waals surface area contributed by atoms with Crippen LogP contribution in [-0.2, 0) is 4.79 Å². The lowest BCUT2D eigenvalue weighted by Gasteiger charge is -2.11. The van der Waals surface area contributed by atoms with Crippen LogP contribution in [0.25, 0.3) is 11.0 Å². The Bertz CT molecular complexity index is 746. The molecule has 1 aliphatic carbocycles. The van der Waals surface area contributed by atoms with Gasteiger partial charge in [-0.25, -0.2) is 9.67 Å². The number of carbonyl (C=O) groups is 2. The minimum Gasteiger partial charge on any atom is -0.481 e. The van der Waals surface area contributed by atoms with Crippen LogP contribution in [0.2, 0.25) is 0 Å². The van der Waals surface area contributed by atoms with Crippen molar-refractivity contribution in [2.24, 2.45) is 5.41 Å². The summed E-state index contributed by atoms with van der Waals surface area (Å²) in [6.45, 7) is 4.18. The lowest BCUT2D eigenvalue weighted by molar-refractivity contribution is -0.143. The van der Waals surface area contributed by atoms with E-state index in [4.69, 9.17) is 5.11 Å². The van der Waals surface area contributed by atoms with Crippen molar-refractivity contribution >= 4 is 22.9 Å². The van der Waals surface area contributed by atoms with E-state index < -0.39 is 11.4 Å². The second-order valence-electron chi connectivity index (χ2n) is 6.09. The first kappa shape index (κ1) is 14.5. The van der Waals surface area contributed by atoms with Crippen LogP contribution in [0.4, 0.5) is 0 Å². The summed E-state index contributed by atoms with van der Waals surface area (Å²) < 4.78 is 1.79. The number of carboxylic acids is 1. The molecule has 0 saturated heterocycles. The molecule has 3 rings (SSSR count). The van der Waals surface area contributed by atoms with Crippen LogP contribution in [0.5, 0.6) is 0 Å². The summed E-state index contributed by atoms with van der Waals surface area (Å²) in [7, 11) is 0. The normalized spacial score (nSPS) is 16.0. The molecule has 0 unspecified atom stereocenters. The van der Waals surface area contributed by atoms with Crippen molar-refractivity contribution in [2.75, 3.05) is 6.54 Å². The number of carboxylic acid groups (broad SMARTS) is 1. The van der Waals surface area contributed by atoms with Crippen molar-refractivity contribution < 1.29 is 14.7 Å². The summed E-state index contributed by atoms with van der Waals surface area (Å²) in [5, 5.41) is 16.8. The van der Waals surface area contributed by atoms with Gasteiger partial charge in [-0.15, -0.1) is 0 Å². The monoisotopic (exact) mass is 302 g/mol. The van der Waals surface area contributed by atoms with Gasteiger partial charge in [-0.3, -0.25) is 9.59 Å². The van der Waals surface area contributed by atoms with Gasteiger partial charge in [0, 0.05) is 24.2 Å². The molecule has 1 saturated carbocycles. The van der Waals surface area contributed by atoms with Crippen LogP contribution in [0.3, 0.4) is 0 Å². The van der Waals surface area contributed by atoms with Gasteiger partial charge in [0.1, 0.15) is 0 Å². The summed E-state index contributed by atoms with van der Waals surface area (Å²) in [5.74, 6) is -1.15. The van der Waals surface area contributed by atoms with E-state index in [0.29, 0.717) is 18.4 Å². The largest absolute Gasteiger partial charge is 0.481 e. The molecule has 0 aliphatic heterocycles. The van der Waals surface area contributed by atoms with Gasteiger partial charge in [-0.1, -0.05) is 0 Å². The van der Waals surface area contributed by atoms with Crippen molar-refractivity contribution in [1.82, 2.24) is 20.1 Å². The SMILES string of the molecule is CC(C)n1ncc2cc(C(=O)NCC3(C(=O)O)CC3)cnc21. The lowest BCUT2D eigenvalue weighted by Crippen LogP contribution is -2.34. The molecular formula is C15H18N4O3. The van der Waals surface area contributed by atoms with Gasteiger partial charge in [-0.2, -0.15) is 5.10 Å². The minimum absolute atomic E-state index is 0.157. The summed E-state index contributed by atoms with van der Waals surface area (Å²) in [5.41, 5.74) is 0.378. The molecule has 2 aromatic heterocycles. The van der Waals surface area contributed by atoms with E-state index in [1.165, 1.54) is 6.20 Å². The topological polar surface area (TPSA) is 97.1 Å². The summed E-state index contributed by atoms with van der Waals surface area (Å²) >= 11 is 0. The molecule has 2 heterocycles. The fourth-order valence-electron chi connectivity index (χ4n) is 2.41. The molecular weight excluding hydrogens is 284 g/mol. The summed E-state index contributed by atoms with van der Waals surface area (Å²) in [6, 6.07) is 1.92. The standard InChI is InChI=1S/C15H18N4O3/c1-9(2)19-12-10(7-18-19)5-11(6-16-12)13(20)17-8-15(3-4-15)14(21)22/h5-7,9H,3-4,8H2,1-2H3,(H,17,20)(H,21,22). The molecule has 0 spiro atoms. The quantitative estimate of drug-likeness (QED) is 0.874. The van der Waals surface area contributed by atoms with E-state index in [-0.39, 0.29) is 18.5 Å². The average molecular weight is 302 g/mol. The van der Waals surface area contributed by atoms with Crippen LogP contribution in [0.15, 0.2) is 18.5 Å². The first-order valence-electron chi connectivity index (χ1n) is 7.28. The van der Waals surface area contributed by atoms with E-state index in [2.05, 4.69) is 15.4 Å². The fraction of sp³-hybridized carbons (Fsp3) is 0.467. The molecule has 22 heavy (non-hydrogen) atoms. The highest BCUT2D eigenvalue weighted by atomic mass is 16.4. The zero-order chi connectivity index (χ0) is 15.9. The number of aromatic nitrogens is 3. The Morgan fingerprint density at radius 1 is 1.41 bits per heavy atom. The Kier molecular flexibility index (Phi) is 3.35. The smallest absolute Gasteiger partial charge is 0.311 e. The maximum atomic E-state index is 12.2. The Hall–Kier alpha value is -2.44. The maximum Gasteiger partial charge on any atom is 0.311 e. The van der Waals surface area contributed by atoms with Gasteiger partial charge in [0.15, 0.2) is 5.65 Å². The molecule has 7 nitrogen and oxygen atoms in total. The Morgan fingerprint density at radius 3 is 2.73 bits per heavy atom. The van der Waals surface area contributed by atoms with E-state index >= 15 is 0 Å². The van der Waals surface area contributed by atoms with E-state index in [9.17, 15) is 9.59 Å². The highest BCUT2D eigenvalue weighted by molar-refractivity contribution is 5.97. The van der Waals surface area contributed by atoms with Crippen molar-refractivity contribution in [3.05, 3.63) is 24.0 Å².